The van der Waals surface area contributed by atoms with Crippen molar-refractivity contribution in [2.45, 2.75) is 45.5 Å². The first-order chi connectivity index (χ1) is 11.7. The van der Waals surface area contributed by atoms with E-state index in [1.54, 1.807) is 6.92 Å². The molecule has 0 spiro atoms. The molecule has 2 aromatic rings. The van der Waals surface area contributed by atoms with E-state index in [9.17, 15) is 18.0 Å². The number of nitrogens with one attached hydrogen (secondary N) is 2. The lowest BCUT2D eigenvalue weighted by molar-refractivity contribution is -0.137. The van der Waals surface area contributed by atoms with Gasteiger partial charge >= 0.3 is 6.18 Å². The Labute approximate surface area is 144 Å². The SMILES string of the molecule is Cc1ccc(C(C)NC(C)CC(=O)Nc2ccccc2C(F)(F)F)o1. The van der Waals surface area contributed by atoms with Crippen molar-refractivity contribution in [2.24, 2.45) is 0 Å². The summed E-state index contributed by atoms with van der Waals surface area (Å²) in [7, 11) is 0. The number of para-hydroxylation sites is 1. The maximum atomic E-state index is 12.9. The summed E-state index contributed by atoms with van der Waals surface area (Å²) in [4.78, 5) is 12.1. The van der Waals surface area contributed by atoms with Crippen molar-refractivity contribution in [1.29, 1.82) is 0 Å². The Kier molecular flexibility index (Phi) is 5.89. The maximum absolute atomic E-state index is 12.9. The molecule has 2 atom stereocenters. The zero-order valence-electron chi connectivity index (χ0n) is 14.3. The molecule has 1 amide bonds. The minimum atomic E-state index is -4.51. The lowest BCUT2D eigenvalue weighted by atomic mass is 10.1. The fraction of sp³-hybridized carbons (Fsp3) is 0.389. The van der Waals surface area contributed by atoms with Gasteiger partial charge in [0.1, 0.15) is 11.5 Å². The molecule has 7 heteroatoms. The minimum absolute atomic E-state index is 0.0379. The molecule has 2 rings (SSSR count). The highest BCUT2D eigenvalue weighted by atomic mass is 19.4. The van der Waals surface area contributed by atoms with E-state index >= 15 is 0 Å². The zero-order valence-corrected chi connectivity index (χ0v) is 14.3. The summed E-state index contributed by atoms with van der Waals surface area (Å²) in [5.74, 6) is 1.05. The molecule has 25 heavy (non-hydrogen) atoms. The van der Waals surface area contributed by atoms with E-state index in [1.807, 2.05) is 26.0 Å². The molecule has 2 unspecified atom stereocenters. The lowest BCUT2D eigenvalue weighted by Gasteiger charge is -2.19. The summed E-state index contributed by atoms with van der Waals surface area (Å²) in [5.41, 5.74) is -1.09. The molecule has 0 fully saturated rings. The van der Waals surface area contributed by atoms with Gasteiger partial charge in [0.25, 0.3) is 0 Å². The van der Waals surface area contributed by atoms with Crippen LogP contribution in [-0.4, -0.2) is 11.9 Å². The predicted molar refractivity (Wildman–Crippen MR) is 89.1 cm³/mol. The zero-order chi connectivity index (χ0) is 18.6. The second-order valence-corrected chi connectivity index (χ2v) is 6.03. The van der Waals surface area contributed by atoms with Crippen LogP contribution >= 0.6 is 0 Å². The van der Waals surface area contributed by atoms with Crippen LogP contribution in [0.5, 0.6) is 0 Å². The number of alkyl halides is 3. The van der Waals surface area contributed by atoms with Crippen LogP contribution in [0.25, 0.3) is 0 Å². The number of hydrogen-bond acceptors (Lipinski definition) is 3. The van der Waals surface area contributed by atoms with Gasteiger partial charge in [-0.1, -0.05) is 12.1 Å². The first-order valence-electron chi connectivity index (χ1n) is 7.95. The van der Waals surface area contributed by atoms with Crippen molar-refractivity contribution in [3.05, 3.63) is 53.5 Å². The van der Waals surface area contributed by atoms with Crippen molar-refractivity contribution >= 4 is 11.6 Å². The van der Waals surface area contributed by atoms with Gasteiger partial charge < -0.3 is 15.1 Å². The van der Waals surface area contributed by atoms with Crippen LogP contribution in [0.3, 0.4) is 0 Å². The summed E-state index contributed by atoms with van der Waals surface area (Å²) in [5, 5.41) is 5.54. The van der Waals surface area contributed by atoms with Crippen LogP contribution in [0, 0.1) is 6.92 Å². The number of benzene rings is 1. The third kappa shape index (κ3) is 5.35. The van der Waals surface area contributed by atoms with E-state index in [0.29, 0.717) is 0 Å². The number of amides is 1. The molecule has 1 aromatic heterocycles. The van der Waals surface area contributed by atoms with Crippen LogP contribution in [0.1, 0.15) is 43.4 Å². The molecular weight excluding hydrogens is 333 g/mol. The fourth-order valence-electron chi connectivity index (χ4n) is 2.57. The first-order valence-corrected chi connectivity index (χ1v) is 7.95. The number of anilines is 1. The monoisotopic (exact) mass is 354 g/mol. The molecule has 0 bridgehead atoms. The van der Waals surface area contributed by atoms with Crippen molar-refractivity contribution in [2.75, 3.05) is 5.32 Å². The molecule has 0 saturated carbocycles. The second-order valence-electron chi connectivity index (χ2n) is 6.03. The van der Waals surface area contributed by atoms with Crippen LogP contribution in [0.15, 0.2) is 40.8 Å². The molecule has 1 heterocycles. The summed E-state index contributed by atoms with van der Waals surface area (Å²) in [6.45, 7) is 5.53. The van der Waals surface area contributed by atoms with E-state index < -0.39 is 17.6 Å². The topological polar surface area (TPSA) is 54.3 Å². The number of aryl methyl sites for hydroxylation is 1. The fourth-order valence-corrected chi connectivity index (χ4v) is 2.57. The molecule has 0 saturated heterocycles. The Hall–Kier alpha value is -2.28. The van der Waals surface area contributed by atoms with Crippen LogP contribution in [0.2, 0.25) is 0 Å². The quantitative estimate of drug-likeness (QED) is 0.792. The van der Waals surface area contributed by atoms with Crippen molar-refractivity contribution in [3.8, 4) is 0 Å². The Morgan fingerprint density at radius 1 is 1.16 bits per heavy atom. The number of hydrogen-bond donors (Lipinski definition) is 2. The third-order valence-corrected chi connectivity index (χ3v) is 3.72. The van der Waals surface area contributed by atoms with Gasteiger partial charge in [0.15, 0.2) is 0 Å². The number of rotatable bonds is 6. The van der Waals surface area contributed by atoms with Crippen LogP contribution < -0.4 is 10.6 Å². The van der Waals surface area contributed by atoms with E-state index in [-0.39, 0.29) is 24.2 Å². The molecule has 2 N–H and O–H groups in total. The summed E-state index contributed by atoms with van der Waals surface area (Å²) in [6.07, 6.45) is -4.48. The van der Waals surface area contributed by atoms with Crippen molar-refractivity contribution in [1.82, 2.24) is 5.32 Å². The van der Waals surface area contributed by atoms with Gasteiger partial charge in [0.2, 0.25) is 5.91 Å². The van der Waals surface area contributed by atoms with Crippen molar-refractivity contribution in [3.63, 3.8) is 0 Å². The number of furan rings is 1. The van der Waals surface area contributed by atoms with Gasteiger partial charge in [-0.3, -0.25) is 4.79 Å². The first kappa shape index (κ1) is 19.1. The molecule has 1 aromatic carbocycles. The molecule has 0 radical (unpaired) electrons. The van der Waals surface area contributed by atoms with Crippen molar-refractivity contribution < 1.29 is 22.4 Å². The highest BCUT2D eigenvalue weighted by Gasteiger charge is 2.33. The Morgan fingerprint density at radius 2 is 1.84 bits per heavy atom. The highest BCUT2D eigenvalue weighted by Crippen LogP contribution is 2.34. The van der Waals surface area contributed by atoms with E-state index in [2.05, 4.69) is 10.6 Å². The van der Waals surface area contributed by atoms with Gasteiger partial charge in [-0.25, -0.2) is 0 Å². The van der Waals surface area contributed by atoms with Crippen LogP contribution in [0.4, 0.5) is 18.9 Å². The predicted octanol–water partition coefficient (Wildman–Crippen LogP) is 4.67. The third-order valence-electron chi connectivity index (χ3n) is 3.72. The Morgan fingerprint density at radius 3 is 2.44 bits per heavy atom. The Balaban J connectivity index is 1.94. The Bertz CT molecular complexity index is 725. The summed E-state index contributed by atoms with van der Waals surface area (Å²) < 4.78 is 44.4. The molecule has 0 aliphatic carbocycles. The average molecular weight is 354 g/mol. The van der Waals surface area contributed by atoms with Gasteiger partial charge in [0.05, 0.1) is 17.3 Å². The molecule has 4 nitrogen and oxygen atoms in total. The van der Waals surface area contributed by atoms with Gasteiger partial charge in [-0.2, -0.15) is 13.2 Å². The molecular formula is C18H21F3N2O2. The standard InChI is InChI=1S/C18H21F3N2O2/c1-11(22-13(3)16-9-8-12(2)25-16)10-17(24)23-15-7-5-4-6-14(15)18(19,20)21/h4-9,11,13,22H,10H2,1-3H3,(H,23,24). The van der Waals surface area contributed by atoms with Gasteiger partial charge in [-0.15, -0.1) is 0 Å². The maximum Gasteiger partial charge on any atom is 0.418 e. The van der Waals surface area contributed by atoms with Gasteiger partial charge in [0, 0.05) is 12.5 Å². The average Bonchev–Trinajstić information content (AvgIpc) is 2.93. The summed E-state index contributed by atoms with van der Waals surface area (Å²) >= 11 is 0. The van der Waals surface area contributed by atoms with E-state index in [4.69, 9.17) is 4.42 Å². The molecule has 136 valence electrons. The van der Waals surface area contributed by atoms with Gasteiger partial charge in [-0.05, 0) is 45.0 Å². The minimum Gasteiger partial charge on any atom is -0.465 e. The lowest BCUT2D eigenvalue weighted by Crippen LogP contribution is -2.32. The van der Waals surface area contributed by atoms with E-state index in [0.717, 1.165) is 17.6 Å². The largest absolute Gasteiger partial charge is 0.465 e. The smallest absolute Gasteiger partial charge is 0.418 e. The second kappa shape index (κ2) is 7.74. The number of carbonyl (C=O) groups excluding carboxylic acids is 1. The number of carbonyl (C=O) groups is 1. The summed E-state index contributed by atoms with van der Waals surface area (Å²) in [6, 6.07) is 8.27. The normalized spacial score (nSPS) is 14.2. The molecule has 0 aliphatic heterocycles. The molecule has 0 aliphatic rings. The highest BCUT2D eigenvalue weighted by molar-refractivity contribution is 5.92. The number of halogens is 3. The van der Waals surface area contributed by atoms with Crippen LogP contribution in [-0.2, 0) is 11.0 Å². The van der Waals surface area contributed by atoms with E-state index in [1.165, 1.54) is 18.2 Å².